The molecule has 5 heteroatoms. The highest BCUT2D eigenvalue weighted by atomic mass is 127. The predicted octanol–water partition coefficient (Wildman–Crippen LogP) is 3.19. The predicted molar refractivity (Wildman–Crippen MR) is 94.7 cm³/mol. The van der Waals surface area contributed by atoms with Crippen LogP contribution in [0.4, 0.5) is 5.69 Å². The summed E-state index contributed by atoms with van der Waals surface area (Å²) < 4.78 is 1.10. The minimum absolute atomic E-state index is 0.0493. The molecule has 0 aromatic heterocycles. The summed E-state index contributed by atoms with van der Waals surface area (Å²) >= 11 is 2.22. The molecule has 1 aromatic carbocycles. The lowest BCUT2D eigenvalue weighted by molar-refractivity contribution is -0.123. The number of anilines is 1. The summed E-state index contributed by atoms with van der Waals surface area (Å²) in [6.07, 6.45) is 6.33. The maximum absolute atomic E-state index is 12.8. The molecule has 1 aromatic rings. The second kappa shape index (κ2) is 7.08. The van der Waals surface area contributed by atoms with Crippen molar-refractivity contribution in [3.63, 3.8) is 0 Å². The van der Waals surface area contributed by atoms with Crippen LogP contribution in [0, 0.1) is 3.57 Å². The molecule has 2 heterocycles. The van der Waals surface area contributed by atoms with Crippen LogP contribution in [0.25, 0.3) is 0 Å². The smallest absolute Gasteiger partial charge is 0.251 e. The molecule has 2 saturated heterocycles. The van der Waals surface area contributed by atoms with Gasteiger partial charge in [0.2, 0.25) is 5.91 Å². The van der Waals surface area contributed by atoms with Gasteiger partial charge in [-0.05, 0) is 72.8 Å². The zero-order chi connectivity index (χ0) is 15.5. The number of nitrogens with zero attached hydrogens (tertiary/aromatic N) is 2. The Kier molecular flexibility index (Phi) is 5.13. The number of carbonyl (C=O) groups excluding carboxylic acids is 2. The molecule has 0 N–H and O–H groups in total. The van der Waals surface area contributed by atoms with E-state index in [1.165, 1.54) is 24.2 Å². The Hall–Kier alpha value is -0.950. The molecule has 0 bridgehead atoms. The molecule has 1 atom stereocenters. The van der Waals surface area contributed by atoms with E-state index in [0.717, 1.165) is 29.5 Å². The third-order valence-corrected chi connectivity index (χ3v) is 5.26. The SMILES string of the molecule is O=C1C[C@@H](N2CCCCCCC2)C(=O)N1c1ccc(I)cc1. The van der Waals surface area contributed by atoms with Crippen LogP contribution in [-0.4, -0.2) is 35.8 Å². The van der Waals surface area contributed by atoms with E-state index >= 15 is 0 Å². The van der Waals surface area contributed by atoms with Crippen molar-refractivity contribution in [1.29, 1.82) is 0 Å². The Labute approximate surface area is 145 Å². The van der Waals surface area contributed by atoms with E-state index in [2.05, 4.69) is 27.5 Å². The minimum atomic E-state index is -0.259. The van der Waals surface area contributed by atoms with E-state index in [-0.39, 0.29) is 17.9 Å². The molecular formula is C17H21IN2O2. The summed E-state index contributed by atoms with van der Waals surface area (Å²) in [5, 5.41) is 0. The lowest BCUT2D eigenvalue weighted by Gasteiger charge is -2.28. The van der Waals surface area contributed by atoms with Gasteiger partial charge in [-0.1, -0.05) is 19.3 Å². The van der Waals surface area contributed by atoms with Gasteiger partial charge >= 0.3 is 0 Å². The third-order valence-electron chi connectivity index (χ3n) is 4.54. The highest BCUT2D eigenvalue weighted by molar-refractivity contribution is 14.1. The Bertz CT molecular complexity index is 550. The molecule has 22 heavy (non-hydrogen) atoms. The zero-order valence-electron chi connectivity index (χ0n) is 12.6. The first-order chi connectivity index (χ1) is 10.7. The summed E-state index contributed by atoms with van der Waals surface area (Å²) in [6.45, 7) is 1.87. The van der Waals surface area contributed by atoms with Gasteiger partial charge in [-0.3, -0.25) is 14.5 Å². The molecule has 2 fully saturated rings. The first kappa shape index (κ1) is 15.9. The van der Waals surface area contributed by atoms with Crippen molar-refractivity contribution in [3.05, 3.63) is 27.8 Å². The van der Waals surface area contributed by atoms with Crippen LogP contribution in [0.5, 0.6) is 0 Å². The molecule has 0 unspecified atom stereocenters. The third kappa shape index (κ3) is 3.35. The molecule has 2 aliphatic heterocycles. The molecule has 2 amide bonds. The molecule has 0 saturated carbocycles. The fraction of sp³-hybridized carbons (Fsp3) is 0.529. The number of carbonyl (C=O) groups is 2. The van der Waals surface area contributed by atoms with Crippen molar-refractivity contribution >= 4 is 40.1 Å². The number of imide groups is 1. The molecule has 4 nitrogen and oxygen atoms in total. The maximum Gasteiger partial charge on any atom is 0.251 e. The lowest BCUT2D eigenvalue weighted by atomic mass is 10.1. The van der Waals surface area contributed by atoms with Crippen LogP contribution >= 0.6 is 22.6 Å². The van der Waals surface area contributed by atoms with Crippen LogP contribution in [0.15, 0.2) is 24.3 Å². The summed E-state index contributed by atoms with van der Waals surface area (Å²) in [4.78, 5) is 28.7. The van der Waals surface area contributed by atoms with Gasteiger partial charge in [0.15, 0.2) is 0 Å². The minimum Gasteiger partial charge on any atom is -0.292 e. The highest BCUT2D eigenvalue weighted by Gasteiger charge is 2.42. The first-order valence-electron chi connectivity index (χ1n) is 8.03. The fourth-order valence-corrected chi connectivity index (χ4v) is 3.71. The van der Waals surface area contributed by atoms with E-state index in [1.807, 2.05) is 24.3 Å². The number of likely N-dealkylation sites (tertiary alicyclic amines) is 1. The lowest BCUT2D eigenvalue weighted by Crippen LogP contribution is -2.43. The summed E-state index contributed by atoms with van der Waals surface area (Å²) in [6, 6.07) is 7.31. The summed E-state index contributed by atoms with van der Waals surface area (Å²) in [7, 11) is 0. The molecule has 0 aliphatic carbocycles. The Morgan fingerprint density at radius 3 is 2.14 bits per heavy atom. The normalized spacial score (nSPS) is 24.4. The van der Waals surface area contributed by atoms with E-state index in [9.17, 15) is 9.59 Å². The zero-order valence-corrected chi connectivity index (χ0v) is 14.8. The van der Waals surface area contributed by atoms with Crippen LogP contribution in [0.2, 0.25) is 0 Å². The van der Waals surface area contributed by atoms with Crippen LogP contribution in [0.3, 0.4) is 0 Å². The van der Waals surface area contributed by atoms with Crippen molar-refractivity contribution in [2.24, 2.45) is 0 Å². The van der Waals surface area contributed by atoms with Gasteiger partial charge in [0.1, 0.15) is 0 Å². The van der Waals surface area contributed by atoms with Crippen molar-refractivity contribution < 1.29 is 9.59 Å². The molecule has 2 aliphatic rings. The number of benzene rings is 1. The quantitative estimate of drug-likeness (QED) is 0.554. The monoisotopic (exact) mass is 412 g/mol. The van der Waals surface area contributed by atoms with Gasteiger partial charge in [0, 0.05) is 3.57 Å². The van der Waals surface area contributed by atoms with Crippen molar-refractivity contribution in [2.45, 2.75) is 44.6 Å². The van der Waals surface area contributed by atoms with E-state index < -0.39 is 0 Å². The van der Waals surface area contributed by atoms with Crippen molar-refractivity contribution in [1.82, 2.24) is 4.90 Å². The summed E-state index contributed by atoms with van der Waals surface area (Å²) in [5.74, 6) is -0.120. The molecule has 118 valence electrons. The van der Waals surface area contributed by atoms with Gasteiger partial charge in [0.25, 0.3) is 5.91 Å². The van der Waals surface area contributed by atoms with Gasteiger partial charge in [-0.15, -0.1) is 0 Å². The number of hydrogen-bond acceptors (Lipinski definition) is 3. The Morgan fingerprint density at radius 1 is 0.909 bits per heavy atom. The van der Waals surface area contributed by atoms with Crippen LogP contribution in [0.1, 0.15) is 38.5 Å². The average Bonchev–Trinajstić information content (AvgIpc) is 2.75. The van der Waals surface area contributed by atoms with Crippen LogP contribution in [-0.2, 0) is 9.59 Å². The average molecular weight is 412 g/mol. The number of halogens is 1. The number of amides is 2. The maximum atomic E-state index is 12.8. The van der Waals surface area contributed by atoms with E-state index in [0.29, 0.717) is 12.1 Å². The Balaban J connectivity index is 1.76. The second-order valence-corrected chi connectivity index (χ2v) is 7.31. The van der Waals surface area contributed by atoms with Crippen molar-refractivity contribution in [2.75, 3.05) is 18.0 Å². The van der Waals surface area contributed by atoms with E-state index in [4.69, 9.17) is 0 Å². The van der Waals surface area contributed by atoms with E-state index in [1.54, 1.807) is 0 Å². The second-order valence-electron chi connectivity index (χ2n) is 6.07. The Morgan fingerprint density at radius 2 is 1.50 bits per heavy atom. The highest BCUT2D eigenvalue weighted by Crippen LogP contribution is 2.27. The van der Waals surface area contributed by atoms with Gasteiger partial charge in [-0.25, -0.2) is 4.90 Å². The summed E-state index contributed by atoms with van der Waals surface area (Å²) in [5.41, 5.74) is 0.699. The topological polar surface area (TPSA) is 40.6 Å². The largest absolute Gasteiger partial charge is 0.292 e. The standard InChI is InChI=1S/C17H21IN2O2/c18-13-6-8-14(9-7-13)20-16(21)12-15(17(20)22)19-10-4-2-1-3-5-11-19/h6-9,15H,1-5,10-12H2/t15-/m1/s1. The van der Waals surface area contributed by atoms with Gasteiger partial charge in [-0.2, -0.15) is 0 Å². The number of rotatable bonds is 2. The molecular weight excluding hydrogens is 391 g/mol. The molecule has 3 rings (SSSR count). The van der Waals surface area contributed by atoms with Crippen molar-refractivity contribution in [3.8, 4) is 0 Å². The number of hydrogen-bond donors (Lipinski definition) is 0. The molecule has 0 radical (unpaired) electrons. The van der Waals surface area contributed by atoms with Crippen LogP contribution < -0.4 is 4.90 Å². The van der Waals surface area contributed by atoms with Gasteiger partial charge < -0.3 is 0 Å². The first-order valence-corrected chi connectivity index (χ1v) is 9.11. The molecule has 0 spiro atoms. The fourth-order valence-electron chi connectivity index (χ4n) is 3.35. The van der Waals surface area contributed by atoms with Gasteiger partial charge in [0.05, 0.1) is 18.2 Å².